The van der Waals surface area contributed by atoms with Crippen molar-refractivity contribution < 1.29 is 19.0 Å². The van der Waals surface area contributed by atoms with Crippen LogP contribution in [0.2, 0.25) is 0 Å². The van der Waals surface area contributed by atoms with Crippen molar-refractivity contribution in [1.29, 1.82) is 5.26 Å². The van der Waals surface area contributed by atoms with Crippen LogP contribution in [0, 0.1) is 24.1 Å². The van der Waals surface area contributed by atoms with Crippen molar-refractivity contribution in [3.63, 3.8) is 0 Å². The number of aliphatic hydroxyl groups is 1. The molecule has 2 aliphatic rings. The fraction of sp³-hybridized carbons (Fsp3) is 0.273. The number of hydrogen-bond acceptors (Lipinski definition) is 6. The number of nitriles is 1. The topological polar surface area (TPSA) is 78.6 Å². The van der Waals surface area contributed by atoms with Gasteiger partial charge in [-0.3, -0.25) is 9.88 Å². The van der Waals surface area contributed by atoms with E-state index in [4.69, 9.17) is 9.47 Å². The van der Waals surface area contributed by atoms with Gasteiger partial charge in [0.1, 0.15) is 36.1 Å². The molecule has 202 valence electrons. The lowest BCUT2D eigenvalue weighted by Gasteiger charge is -2.36. The first-order valence-electron chi connectivity index (χ1n) is 13.5. The Hall–Kier alpha value is -4.25. The number of benzene rings is 3. The highest BCUT2D eigenvalue weighted by atomic mass is 19.1. The highest BCUT2D eigenvalue weighted by molar-refractivity contribution is 5.70. The molecule has 0 bridgehead atoms. The molecule has 2 heterocycles. The molecule has 0 unspecified atom stereocenters. The lowest BCUT2D eigenvalue weighted by atomic mass is 9.96. The molecule has 1 aliphatic heterocycles. The molecule has 0 saturated carbocycles. The molecule has 0 radical (unpaired) electrons. The summed E-state index contributed by atoms with van der Waals surface area (Å²) >= 11 is 0. The zero-order valence-electron chi connectivity index (χ0n) is 22.3. The van der Waals surface area contributed by atoms with Gasteiger partial charge in [-0.2, -0.15) is 5.26 Å². The molecule has 1 atom stereocenters. The highest BCUT2D eigenvalue weighted by Crippen LogP contribution is 2.42. The van der Waals surface area contributed by atoms with Crippen LogP contribution in [0.4, 0.5) is 4.39 Å². The maximum Gasteiger partial charge on any atom is 0.131 e. The van der Waals surface area contributed by atoms with Gasteiger partial charge in [-0.25, -0.2) is 4.39 Å². The molecule has 0 amide bonds. The van der Waals surface area contributed by atoms with Gasteiger partial charge in [-0.15, -0.1) is 0 Å². The second-order valence-corrected chi connectivity index (χ2v) is 10.6. The largest absolute Gasteiger partial charge is 0.488 e. The summed E-state index contributed by atoms with van der Waals surface area (Å²) in [5.74, 6) is 1.21. The van der Waals surface area contributed by atoms with E-state index in [9.17, 15) is 14.8 Å². The molecule has 1 aromatic heterocycles. The van der Waals surface area contributed by atoms with Crippen molar-refractivity contribution in [2.45, 2.75) is 45.1 Å². The fourth-order valence-corrected chi connectivity index (χ4v) is 5.64. The second-order valence-electron chi connectivity index (χ2n) is 10.6. The molecular weight excluding hydrogens is 505 g/mol. The Morgan fingerprint density at radius 3 is 2.67 bits per heavy atom. The first kappa shape index (κ1) is 26.0. The minimum absolute atomic E-state index is 0.152. The van der Waals surface area contributed by atoms with Gasteiger partial charge in [0.2, 0.25) is 0 Å². The average molecular weight is 536 g/mol. The van der Waals surface area contributed by atoms with E-state index in [1.165, 1.54) is 12.3 Å². The van der Waals surface area contributed by atoms with Gasteiger partial charge in [0.05, 0.1) is 11.7 Å². The number of likely N-dealkylation sites (tertiary alicyclic amines) is 1. The minimum atomic E-state index is -0.287. The van der Waals surface area contributed by atoms with Gasteiger partial charge in [0.15, 0.2) is 0 Å². The first-order valence-corrected chi connectivity index (χ1v) is 13.5. The number of β-amino-alcohol motifs (C(OH)–C–C–N with tert-alkyl or cyclic N) is 1. The van der Waals surface area contributed by atoms with Crippen molar-refractivity contribution in [1.82, 2.24) is 9.88 Å². The number of pyridine rings is 1. The van der Waals surface area contributed by atoms with Gasteiger partial charge in [-0.05, 0) is 60.2 Å². The summed E-state index contributed by atoms with van der Waals surface area (Å²) < 4.78 is 27.5. The predicted molar refractivity (Wildman–Crippen MR) is 149 cm³/mol. The molecule has 1 aliphatic carbocycles. The Kier molecular flexibility index (Phi) is 7.21. The molecule has 3 aromatic carbocycles. The Balaban J connectivity index is 1.28. The number of hydrogen-bond donors (Lipinski definition) is 1. The lowest BCUT2D eigenvalue weighted by Crippen LogP contribution is -2.49. The highest BCUT2D eigenvalue weighted by Gasteiger charge is 2.29. The van der Waals surface area contributed by atoms with Gasteiger partial charge in [0.25, 0.3) is 0 Å². The van der Waals surface area contributed by atoms with Crippen LogP contribution in [0.5, 0.6) is 11.5 Å². The summed E-state index contributed by atoms with van der Waals surface area (Å²) in [5, 5.41) is 19.0. The van der Waals surface area contributed by atoms with Crippen LogP contribution >= 0.6 is 0 Å². The van der Waals surface area contributed by atoms with Crippen LogP contribution in [-0.2, 0) is 19.6 Å². The molecule has 1 fully saturated rings. The monoisotopic (exact) mass is 535 g/mol. The standard InChI is InChI=1S/C33H30FN3O3/c1-21-11-24(17-37-18-25(38)19-37)33(39-20-23-12-22(14-35)15-36-16-23)13-32(21)40-31-10-9-27-26(6-4-7-29(27)31)28-5-2-3-8-30(28)34/h2-8,11-13,15-16,25,31,38H,9-10,17-20H2,1H3/t31-/m0/s1. The molecule has 1 N–H and O–H groups in total. The quantitative estimate of drug-likeness (QED) is 0.303. The second kappa shape index (κ2) is 11.1. The third-order valence-corrected chi connectivity index (χ3v) is 7.66. The number of fused-ring (bicyclic) bond motifs is 1. The van der Waals surface area contributed by atoms with E-state index in [0.29, 0.717) is 36.5 Å². The van der Waals surface area contributed by atoms with Gasteiger partial charge < -0.3 is 14.6 Å². The van der Waals surface area contributed by atoms with E-state index in [-0.39, 0.29) is 24.6 Å². The van der Waals surface area contributed by atoms with Crippen molar-refractivity contribution in [2.75, 3.05) is 13.1 Å². The number of aryl methyl sites for hydroxylation is 1. The van der Waals surface area contributed by atoms with E-state index < -0.39 is 0 Å². The zero-order valence-corrected chi connectivity index (χ0v) is 22.3. The molecule has 7 heteroatoms. The van der Waals surface area contributed by atoms with Crippen LogP contribution < -0.4 is 9.47 Å². The van der Waals surface area contributed by atoms with Crippen LogP contribution in [-0.4, -0.2) is 34.2 Å². The Bertz CT molecular complexity index is 1590. The SMILES string of the molecule is Cc1cc(CN2CC(O)C2)c(OCc2cncc(C#N)c2)cc1O[C@H]1CCc2c(-c3ccccc3F)cccc21. The van der Waals surface area contributed by atoms with E-state index in [1.54, 1.807) is 18.3 Å². The number of aromatic nitrogens is 1. The van der Waals surface area contributed by atoms with Crippen LogP contribution in [0.1, 0.15) is 45.9 Å². The molecule has 1 saturated heterocycles. The van der Waals surface area contributed by atoms with Crippen molar-refractivity contribution >= 4 is 0 Å². The molecule has 6 nitrogen and oxygen atoms in total. The number of halogens is 1. The average Bonchev–Trinajstić information content (AvgIpc) is 3.36. The smallest absolute Gasteiger partial charge is 0.131 e. The fourth-order valence-electron chi connectivity index (χ4n) is 5.64. The Morgan fingerprint density at radius 1 is 1.05 bits per heavy atom. The number of aliphatic hydroxyl groups excluding tert-OH is 1. The van der Waals surface area contributed by atoms with Gasteiger partial charge >= 0.3 is 0 Å². The summed E-state index contributed by atoms with van der Waals surface area (Å²) in [6.45, 7) is 4.21. The van der Waals surface area contributed by atoms with E-state index in [0.717, 1.165) is 52.0 Å². The maximum absolute atomic E-state index is 14.6. The first-order chi connectivity index (χ1) is 19.5. The zero-order chi connectivity index (χ0) is 27.6. The summed E-state index contributed by atoms with van der Waals surface area (Å²) in [5.41, 5.74) is 7.04. The Labute approximate surface area is 233 Å². The number of nitrogens with zero attached hydrogens (tertiary/aromatic N) is 3. The van der Waals surface area contributed by atoms with Crippen LogP contribution in [0.15, 0.2) is 73.1 Å². The van der Waals surface area contributed by atoms with E-state index in [1.807, 2.05) is 37.3 Å². The molecule has 6 rings (SSSR count). The molecular formula is C33H30FN3O3. The third-order valence-electron chi connectivity index (χ3n) is 7.66. The van der Waals surface area contributed by atoms with E-state index in [2.05, 4.69) is 28.1 Å². The van der Waals surface area contributed by atoms with Crippen molar-refractivity contribution in [3.05, 3.63) is 112 Å². The lowest BCUT2D eigenvalue weighted by molar-refractivity contribution is -0.00336. The Morgan fingerprint density at radius 2 is 1.88 bits per heavy atom. The van der Waals surface area contributed by atoms with Crippen molar-refractivity contribution in [2.24, 2.45) is 0 Å². The molecule has 40 heavy (non-hydrogen) atoms. The summed E-state index contributed by atoms with van der Waals surface area (Å²) in [4.78, 5) is 6.31. The molecule has 4 aromatic rings. The number of ether oxygens (including phenoxy) is 2. The summed E-state index contributed by atoms with van der Waals surface area (Å²) in [6, 6.07) is 20.8. The molecule has 0 spiro atoms. The maximum atomic E-state index is 14.6. The third kappa shape index (κ3) is 5.29. The van der Waals surface area contributed by atoms with E-state index >= 15 is 0 Å². The van der Waals surface area contributed by atoms with Gasteiger partial charge in [0, 0.05) is 54.8 Å². The summed E-state index contributed by atoms with van der Waals surface area (Å²) in [7, 11) is 0. The number of rotatable bonds is 8. The van der Waals surface area contributed by atoms with Crippen LogP contribution in [0.3, 0.4) is 0 Å². The normalized spacial score (nSPS) is 16.7. The van der Waals surface area contributed by atoms with Crippen molar-refractivity contribution in [3.8, 4) is 28.7 Å². The summed E-state index contributed by atoms with van der Waals surface area (Å²) in [6.07, 6.45) is 4.39. The minimum Gasteiger partial charge on any atom is -0.488 e. The predicted octanol–water partition coefficient (Wildman–Crippen LogP) is 5.89. The van der Waals surface area contributed by atoms with Crippen LogP contribution in [0.25, 0.3) is 11.1 Å². The van der Waals surface area contributed by atoms with Gasteiger partial charge in [-0.1, -0.05) is 36.4 Å².